The molecule has 7 rings (SSSR count). The van der Waals surface area contributed by atoms with E-state index in [1.807, 2.05) is 48.8 Å². The van der Waals surface area contributed by atoms with E-state index in [0.717, 1.165) is 28.1 Å². The highest BCUT2D eigenvalue weighted by molar-refractivity contribution is 7.99. The van der Waals surface area contributed by atoms with Gasteiger partial charge in [-0.05, 0) is 41.5 Å². The predicted octanol–water partition coefficient (Wildman–Crippen LogP) is 6.19. The number of ketones is 1. The van der Waals surface area contributed by atoms with Crippen LogP contribution in [0.3, 0.4) is 0 Å². The molecule has 0 radical (unpaired) electrons. The van der Waals surface area contributed by atoms with Crippen LogP contribution < -0.4 is 5.32 Å². The summed E-state index contributed by atoms with van der Waals surface area (Å²) < 4.78 is 17.2. The summed E-state index contributed by atoms with van der Waals surface area (Å²) in [7, 11) is 0. The monoisotopic (exact) mass is 576 g/mol. The Kier molecular flexibility index (Phi) is 6.67. The van der Waals surface area contributed by atoms with E-state index in [9.17, 15) is 14.0 Å². The Balaban J connectivity index is 1.25. The topological polar surface area (TPSA) is 97.6 Å². The van der Waals surface area contributed by atoms with Crippen LogP contribution in [0.4, 0.5) is 9.18 Å². The molecule has 10 heteroatoms. The zero-order valence-electron chi connectivity index (χ0n) is 22.3. The van der Waals surface area contributed by atoms with E-state index in [0.29, 0.717) is 40.7 Å². The number of carbonyl (C=O) groups excluding carboxylic acids is 2. The molecule has 0 saturated carbocycles. The number of rotatable bonds is 7. The molecule has 208 valence electrons. The van der Waals surface area contributed by atoms with Crippen LogP contribution >= 0.6 is 11.8 Å². The van der Waals surface area contributed by atoms with E-state index in [2.05, 4.69) is 24.8 Å². The average Bonchev–Trinajstić information content (AvgIpc) is 3.82. The number of halogens is 1. The van der Waals surface area contributed by atoms with Crippen LogP contribution in [-0.2, 0) is 12.2 Å². The van der Waals surface area contributed by atoms with Crippen molar-refractivity contribution in [2.45, 2.75) is 17.5 Å². The van der Waals surface area contributed by atoms with Gasteiger partial charge in [0.15, 0.2) is 5.78 Å². The number of imidazole rings is 1. The highest BCUT2D eigenvalue weighted by atomic mass is 32.2. The molecule has 1 aliphatic heterocycles. The summed E-state index contributed by atoms with van der Waals surface area (Å²) in [5.74, 6) is 0.228. The van der Waals surface area contributed by atoms with Gasteiger partial charge in [0.2, 0.25) is 0 Å². The van der Waals surface area contributed by atoms with Gasteiger partial charge in [0.05, 0.1) is 11.8 Å². The number of benzene rings is 2. The highest BCUT2D eigenvalue weighted by Crippen LogP contribution is 2.42. The Hall–Kier alpha value is -4.96. The third-order valence-electron chi connectivity index (χ3n) is 7.54. The lowest BCUT2D eigenvalue weighted by molar-refractivity contribution is 0.103. The molecule has 2 aromatic carbocycles. The molecule has 5 heterocycles. The first-order valence-electron chi connectivity index (χ1n) is 13.5. The lowest BCUT2D eigenvalue weighted by atomic mass is 10.00. The standard InChI is InChI=1S/C32H25FN6O2S/c33-23-6-3-20(4-7-23)21-5-8-25-27(17-39(28(25)14-21)32(41)36-12-9-24-16-35-19-37-24)30(40)26-10-13-38-29(26)18-42-31(38)22-2-1-11-34-15-22/h1-8,10-11,13-17,19,31H,9,12,18H2,(H,35,37)(H,36,41). The van der Waals surface area contributed by atoms with Gasteiger partial charge in [-0.2, -0.15) is 0 Å². The average molecular weight is 577 g/mol. The van der Waals surface area contributed by atoms with Crippen molar-refractivity contribution in [1.29, 1.82) is 0 Å². The van der Waals surface area contributed by atoms with Gasteiger partial charge in [-0.1, -0.05) is 30.3 Å². The van der Waals surface area contributed by atoms with E-state index >= 15 is 0 Å². The molecule has 6 aromatic rings. The Morgan fingerprint density at radius 1 is 1.02 bits per heavy atom. The minimum absolute atomic E-state index is 0.0514. The number of H-pyrrole nitrogens is 1. The number of hydrogen-bond donors (Lipinski definition) is 2. The van der Waals surface area contributed by atoms with Gasteiger partial charge in [0, 0.05) is 83.2 Å². The van der Waals surface area contributed by atoms with Gasteiger partial charge in [0.25, 0.3) is 0 Å². The van der Waals surface area contributed by atoms with Crippen molar-refractivity contribution >= 4 is 34.5 Å². The molecule has 0 aliphatic carbocycles. The van der Waals surface area contributed by atoms with E-state index in [1.54, 1.807) is 48.8 Å². The quantitative estimate of drug-likeness (QED) is 0.221. The van der Waals surface area contributed by atoms with Crippen LogP contribution in [0.5, 0.6) is 0 Å². The summed E-state index contributed by atoms with van der Waals surface area (Å²) in [5.41, 5.74) is 6.22. The second-order valence-electron chi connectivity index (χ2n) is 10.1. The number of aromatic nitrogens is 5. The second kappa shape index (κ2) is 10.8. The highest BCUT2D eigenvalue weighted by Gasteiger charge is 2.30. The van der Waals surface area contributed by atoms with Crippen molar-refractivity contribution in [1.82, 2.24) is 29.4 Å². The molecule has 0 bridgehead atoms. The van der Waals surface area contributed by atoms with Crippen LogP contribution in [0.2, 0.25) is 0 Å². The first-order valence-corrected chi connectivity index (χ1v) is 14.5. The fourth-order valence-electron chi connectivity index (χ4n) is 5.43. The van der Waals surface area contributed by atoms with E-state index < -0.39 is 0 Å². The zero-order chi connectivity index (χ0) is 28.6. The van der Waals surface area contributed by atoms with Gasteiger partial charge in [-0.3, -0.25) is 14.3 Å². The molecule has 1 atom stereocenters. The van der Waals surface area contributed by atoms with E-state index in [1.165, 1.54) is 16.7 Å². The molecule has 0 saturated heterocycles. The van der Waals surface area contributed by atoms with Gasteiger partial charge in [-0.25, -0.2) is 14.2 Å². The number of pyridine rings is 1. The van der Waals surface area contributed by atoms with Gasteiger partial charge in [0.1, 0.15) is 11.2 Å². The molecule has 4 aromatic heterocycles. The molecular formula is C32H25FN6O2S. The largest absolute Gasteiger partial charge is 0.348 e. The maximum atomic E-state index is 14.1. The second-order valence-corrected chi connectivity index (χ2v) is 11.1. The van der Waals surface area contributed by atoms with Crippen molar-refractivity contribution < 1.29 is 14.0 Å². The predicted molar refractivity (Wildman–Crippen MR) is 160 cm³/mol. The number of nitrogens with zero attached hydrogens (tertiary/aromatic N) is 4. The lowest BCUT2D eigenvalue weighted by Gasteiger charge is -2.11. The van der Waals surface area contributed by atoms with Gasteiger partial charge < -0.3 is 14.9 Å². The number of amides is 1. The van der Waals surface area contributed by atoms with Crippen molar-refractivity contribution in [3.63, 3.8) is 0 Å². The van der Waals surface area contributed by atoms with Crippen LogP contribution in [0, 0.1) is 5.82 Å². The fourth-order valence-corrected chi connectivity index (χ4v) is 6.74. The Labute approximate surface area is 244 Å². The van der Waals surface area contributed by atoms with Crippen LogP contribution in [0.25, 0.3) is 22.0 Å². The number of fused-ring (bicyclic) bond motifs is 2. The molecular weight excluding hydrogens is 551 g/mol. The van der Waals surface area contributed by atoms with Crippen LogP contribution in [0.15, 0.2) is 98.0 Å². The third kappa shape index (κ3) is 4.69. The molecule has 1 amide bonds. The lowest BCUT2D eigenvalue weighted by Crippen LogP contribution is -2.29. The maximum absolute atomic E-state index is 14.1. The zero-order valence-corrected chi connectivity index (χ0v) is 23.1. The summed E-state index contributed by atoms with van der Waals surface area (Å²) in [6.45, 7) is 0.390. The third-order valence-corrected chi connectivity index (χ3v) is 8.80. The van der Waals surface area contributed by atoms with Gasteiger partial charge >= 0.3 is 6.03 Å². The van der Waals surface area contributed by atoms with E-state index in [4.69, 9.17) is 0 Å². The Morgan fingerprint density at radius 3 is 2.67 bits per heavy atom. The summed E-state index contributed by atoms with van der Waals surface area (Å²) in [6.07, 6.45) is 11.1. The smallest absolute Gasteiger partial charge is 0.326 e. The molecule has 0 spiro atoms. The summed E-state index contributed by atoms with van der Waals surface area (Å²) in [6, 6.07) is 17.3. The van der Waals surface area contributed by atoms with E-state index in [-0.39, 0.29) is 23.0 Å². The van der Waals surface area contributed by atoms with Crippen molar-refractivity contribution in [2.75, 3.05) is 6.54 Å². The fraction of sp³-hybridized carbons (Fsp3) is 0.125. The first kappa shape index (κ1) is 26.0. The van der Waals surface area contributed by atoms with Crippen LogP contribution in [0.1, 0.15) is 38.2 Å². The Bertz CT molecular complexity index is 1910. The molecule has 42 heavy (non-hydrogen) atoms. The summed E-state index contributed by atoms with van der Waals surface area (Å²) >= 11 is 1.75. The minimum Gasteiger partial charge on any atom is -0.348 e. The molecule has 1 aliphatic rings. The SMILES string of the molecule is O=C(c1ccn2c1CSC2c1cccnc1)c1cn(C(=O)NCCc2cnc[nH]2)c2cc(-c3ccc(F)cc3)ccc12. The molecule has 1 unspecified atom stereocenters. The van der Waals surface area contributed by atoms with Gasteiger partial charge in [-0.15, -0.1) is 11.8 Å². The number of carbonyl (C=O) groups is 2. The maximum Gasteiger partial charge on any atom is 0.326 e. The minimum atomic E-state index is -0.343. The van der Waals surface area contributed by atoms with Crippen molar-refractivity contribution in [3.05, 3.63) is 132 Å². The normalized spacial score (nSPS) is 14.3. The Morgan fingerprint density at radius 2 is 1.88 bits per heavy atom. The van der Waals surface area contributed by atoms with Crippen molar-refractivity contribution in [3.8, 4) is 11.1 Å². The first-order chi connectivity index (χ1) is 20.6. The molecule has 2 N–H and O–H groups in total. The summed E-state index contributed by atoms with van der Waals surface area (Å²) in [4.78, 5) is 38.8. The molecule has 8 nitrogen and oxygen atoms in total. The number of hydrogen-bond acceptors (Lipinski definition) is 5. The van der Waals surface area contributed by atoms with Crippen molar-refractivity contribution in [2.24, 2.45) is 0 Å². The van der Waals surface area contributed by atoms with Crippen LogP contribution in [-0.4, -0.2) is 42.4 Å². The summed E-state index contributed by atoms with van der Waals surface area (Å²) in [5, 5.41) is 3.67. The number of aromatic amines is 1. The molecule has 0 fully saturated rings. The number of thioether (sulfide) groups is 1. The number of nitrogens with one attached hydrogen (secondary N) is 2.